The van der Waals surface area contributed by atoms with Gasteiger partial charge in [0, 0.05) is 12.8 Å². The summed E-state index contributed by atoms with van der Waals surface area (Å²) in [4.78, 5) is 64.0. The maximum atomic E-state index is 13.6. The molecule has 0 aromatic heterocycles. The molecule has 5 rings (SSSR count). The first-order valence-corrected chi connectivity index (χ1v) is 16.5. The highest BCUT2D eigenvalue weighted by molar-refractivity contribution is 6.48. The van der Waals surface area contributed by atoms with Gasteiger partial charge in [-0.1, -0.05) is 58.0 Å². The van der Waals surface area contributed by atoms with E-state index in [0.29, 0.717) is 11.8 Å². The number of hydrogen-bond acceptors (Lipinski definition) is 8. The van der Waals surface area contributed by atoms with Crippen LogP contribution in [0.4, 0.5) is 4.79 Å². The summed E-state index contributed by atoms with van der Waals surface area (Å²) in [5, 5.41) is 10.9. The average molecular weight is 656 g/mol. The number of carbonyl (C=O) groups excluding carboxylic acids is 5. The highest BCUT2D eigenvalue weighted by atomic mass is 16.7. The van der Waals surface area contributed by atoms with Crippen LogP contribution in [-0.4, -0.2) is 79.7 Å². The molecular formula is C33H50BN5O8. The fourth-order valence-electron chi connectivity index (χ4n) is 7.37. The zero-order valence-corrected chi connectivity index (χ0v) is 28.5. The lowest BCUT2D eigenvalue weighted by Gasteiger charge is -2.64. The second-order valence-corrected chi connectivity index (χ2v) is 14.3. The molecule has 1 saturated heterocycles. The van der Waals surface area contributed by atoms with Crippen LogP contribution < -0.4 is 27.0 Å². The Morgan fingerprint density at radius 1 is 0.957 bits per heavy atom. The predicted molar refractivity (Wildman–Crippen MR) is 174 cm³/mol. The normalized spacial score (nSPS) is 26.5. The van der Waals surface area contributed by atoms with Gasteiger partial charge < -0.3 is 41.0 Å². The Morgan fingerprint density at radius 2 is 1.64 bits per heavy atom. The van der Waals surface area contributed by atoms with Crippen LogP contribution in [0.2, 0.25) is 0 Å². The first kappa shape index (κ1) is 36.2. The molecule has 4 aliphatic rings. The minimum Gasteiger partial charge on any atom is -0.453 e. The minimum atomic E-state index is -1.06. The molecule has 1 aromatic carbocycles. The van der Waals surface area contributed by atoms with Crippen molar-refractivity contribution in [2.45, 2.75) is 109 Å². The summed E-state index contributed by atoms with van der Waals surface area (Å²) >= 11 is 0. The zero-order valence-electron chi connectivity index (χ0n) is 28.5. The largest absolute Gasteiger partial charge is 0.481 e. The Hall–Kier alpha value is -3.65. The van der Waals surface area contributed by atoms with Gasteiger partial charge in [0.2, 0.25) is 23.6 Å². The molecule has 2 bridgehead atoms. The summed E-state index contributed by atoms with van der Waals surface area (Å²) in [5.41, 5.74) is 5.85. The molecule has 3 saturated carbocycles. The molecule has 8 atom stereocenters. The van der Waals surface area contributed by atoms with E-state index in [-0.39, 0.29) is 36.7 Å². The minimum absolute atomic E-state index is 0.00957. The van der Waals surface area contributed by atoms with Crippen molar-refractivity contribution in [3.8, 4) is 0 Å². The number of rotatable bonds is 14. The summed E-state index contributed by atoms with van der Waals surface area (Å²) in [6.07, 6.45) is 1.37. The van der Waals surface area contributed by atoms with E-state index in [9.17, 15) is 24.0 Å². The third-order valence-electron chi connectivity index (χ3n) is 10.4. The smallest absolute Gasteiger partial charge is 0.453 e. The van der Waals surface area contributed by atoms with E-state index in [0.717, 1.165) is 18.4 Å². The molecule has 5 amide bonds. The molecule has 47 heavy (non-hydrogen) atoms. The Bertz CT molecular complexity index is 1330. The summed E-state index contributed by atoms with van der Waals surface area (Å²) in [6.45, 7) is 11.6. The maximum Gasteiger partial charge on any atom is 0.481 e. The van der Waals surface area contributed by atoms with Gasteiger partial charge in [0.15, 0.2) is 0 Å². The van der Waals surface area contributed by atoms with E-state index in [1.54, 1.807) is 13.8 Å². The number of nitrogens with two attached hydrogens (primary N) is 1. The van der Waals surface area contributed by atoms with Gasteiger partial charge >= 0.3 is 13.2 Å². The standard InChI is InChI=1S/C33H50BN5O8/c1-18(2)27(39-31(44)45-7)30(43)37-22(15-20-11-9-8-10-12-20)29(42)36-19(3)28(41)38-25(13-14-26(35)40)34-46-24-17-21-16-23(32(21,4)5)33(24,6)47-34/h8-12,18-19,21-25,27H,13-17H2,1-7H3,(H2,35,40)(H,36,42)(H,37,43)(H,38,41)(H,39,44)/t19-,21-,22+,23-,24+,25+,27-,33-/m0/s1. The van der Waals surface area contributed by atoms with E-state index in [1.165, 1.54) is 14.0 Å². The quantitative estimate of drug-likeness (QED) is 0.187. The number of hydrogen-bond donors (Lipinski definition) is 5. The average Bonchev–Trinajstić information content (AvgIpc) is 3.38. The van der Waals surface area contributed by atoms with Gasteiger partial charge in [-0.05, 0) is 61.8 Å². The summed E-state index contributed by atoms with van der Waals surface area (Å²) in [5.74, 6) is -2.33. The van der Waals surface area contributed by atoms with Crippen LogP contribution in [0.5, 0.6) is 0 Å². The van der Waals surface area contributed by atoms with Crippen molar-refractivity contribution in [3.63, 3.8) is 0 Å². The van der Waals surface area contributed by atoms with Crippen molar-refractivity contribution >= 4 is 36.8 Å². The number of amides is 5. The Balaban J connectivity index is 1.45. The first-order valence-electron chi connectivity index (χ1n) is 16.5. The van der Waals surface area contributed by atoms with Gasteiger partial charge in [-0.15, -0.1) is 0 Å². The number of benzene rings is 1. The van der Waals surface area contributed by atoms with Crippen molar-refractivity contribution in [3.05, 3.63) is 35.9 Å². The van der Waals surface area contributed by atoms with Gasteiger partial charge in [0.1, 0.15) is 18.1 Å². The van der Waals surface area contributed by atoms with E-state index >= 15 is 0 Å². The Morgan fingerprint density at radius 3 is 2.23 bits per heavy atom. The van der Waals surface area contributed by atoms with Gasteiger partial charge in [0.05, 0.1) is 24.8 Å². The van der Waals surface area contributed by atoms with Crippen LogP contribution in [0.15, 0.2) is 30.3 Å². The van der Waals surface area contributed by atoms with Crippen LogP contribution in [-0.2, 0) is 39.6 Å². The van der Waals surface area contributed by atoms with Gasteiger partial charge in [0.25, 0.3) is 0 Å². The highest BCUT2D eigenvalue weighted by Gasteiger charge is 2.68. The van der Waals surface area contributed by atoms with E-state index in [2.05, 4.69) is 46.8 Å². The fraction of sp³-hybridized carbons (Fsp3) is 0.667. The molecule has 0 radical (unpaired) electrons. The third-order valence-corrected chi connectivity index (χ3v) is 10.4. The van der Waals surface area contributed by atoms with Crippen molar-refractivity contribution < 1.29 is 38.0 Å². The van der Waals surface area contributed by atoms with E-state index < -0.39 is 66.5 Å². The molecule has 13 nitrogen and oxygen atoms in total. The topological polar surface area (TPSA) is 187 Å². The second kappa shape index (κ2) is 14.6. The van der Waals surface area contributed by atoms with Crippen LogP contribution in [0.3, 0.4) is 0 Å². The van der Waals surface area contributed by atoms with Crippen LogP contribution in [0, 0.1) is 23.2 Å². The molecule has 1 heterocycles. The highest BCUT2D eigenvalue weighted by Crippen LogP contribution is 2.65. The maximum absolute atomic E-state index is 13.6. The molecule has 6 N–H and O–H groups in total. The number of ether oxygens (including phenoxy) is 1. The van der Waals surface area contributed by atoms with Crippen molar-refractivity contribution in [2.24, 2.45) is 28.9 Å². The Kier molecular flexibility index (Phi) is 11.3. The van der Waals surface area contributed by atoms with Crippen molar-refractivity contribution in [1.29, 1.82) is 0 Å². The molecule has 0 unspecified atom stereocenters. The molecule has 1 aliphatic heterocycles. The van der Waals surface area contributed by atoms with Crippen LogP contribution >= 0.6 is 0 Å². The second-order valence-electron chi connectivity index (χ2n) is 14.3. The van der Waals surface area contributed by atoms with E-state index in [1.807, 2.05) is 30.3 Å². The SMILES string of the molecule is COC(=O)N[C@H](C(=O)N[C@H](Cc1ccccc1)C(=O)N[C@@H](C)C(=O)N[C@H](CCC(N)=O)B1O[C@@H]2C[C@@H]3C[C@@H](C3(C)C)[C@]2(C)O1)C(C)C. The van der Waals surface area contributed by atoms with Crippen LogP contribution in [0.1, 0.15) is 72.8 Å². The molecule has 258 valence electrons. The third kappa shape index (κ3) is 8.09. The predicted octanol–water partition coefficient (Wildman–Crippen LogP) is 1.62. The lowest BCUT2D eigenvalue weighted by molar-refractivity contribution is -0.199. The molecular weight excluding hydrogens is 605 g/mol. The van der Waals surface area contributed by atoms with Gasteiger partial charge in [-0.3, -0.25) is 19.2 Å². The van der Waals surface area contributed by atoms with Crippen molar-refractivity contribution in [1.82, 2.24) is 21.3 Å². The van der Waals surface area contributed by atoms with E-state index in [4.69, 9.17) is 15.0 Å². The lowest BCUT2D eigenvalue weighted by atomic mass is 9.43. The molecule has 4 fully saturated rings. The van der Waals surface area contributed by atoms with Crippen LogP contribution in [0.25, 0.3) is 0 Å². The first-order chi connectivity index (χ1) is 22.1. The number of nitrogens with one attached hydrogen (secondary N) is 4. The van der Waals surface area contributed by atoms with Gasteiger partial charge in [-0.2, -0.15) is 0 Å². The Labute approximate surface area is 277 Å². The summed E-state index contributed by atoms with van der Waals surface area (Å²) < 4.78 is 17.6. The number of alkyl carbamates (subject to hydrolysis) is 1. The van der Waals surface area contributed by atoms with Gasteiger partial charge in [-0.25, -0.2) is 4.79 Å². The molecule has 0 spiro atoms. The number of carbonyl (C=O) groups is 5. The zero-order chi connectivity index (χ0) is 34.7. The van der Waals surface area contributed by atoms with Crippen molar-refractivity contribution in [2.75, 3.05) is 7.11 Å². The lowest BCUT2D eigenvalue weighted by Crippen LogP contribution is -2.65. The summed E-state index contributed by atoms with van der Waals surface area (Å²) in [6, 6.07) is 6.07. The molecule has 14 heteroatoms. The fourth-order valence-corrected chi connectivity index (χ4v) is 7.37. The number of primary amides is 1. The molecule has 3 aliphatic carbocycles. The number of methoxy groups -OCH3 is 1. The molecule has 1 aromatic rings. The monoisotopic (exact) mass is 655 g/mol. The summed E-state index contributed by atoms with van der Waals surface area (Å²) in [7, 11) is 0.412.